The Morgan fingerprint density at radius 3 is 2.64 bits per heavy atom. The summed E-state index contributed by atoms with van der Waals surface area (Å²) in [5, 5.41) is 6.49. The molecular weight excluding hydrogens is 342 g/mol. The molecule has 3 heteroatoms. The van der Waals surface area contributed by atoms with Crippen molar-refractivity contribution in [2.75, 3.05) is 18.0 Å². The zero-order valence-electron chi connectivity index (χ0n) is 16.5. The summed E-state index contributed by atoms with van der Waals surface area (Å²) >= 11 is 0. The van der Waals surface area contributed by atoms with Crippen LogP contribution in [0.5, 0.6) is 0 Å². The van der Waals surface area contributed by atoms with Gasteiger partial charge in [-0.3, -0.25) is 4.98 Å². The minimum atomic E-state index is 0.674. The van der Waals surface area contributed by atoms with E-state index in [2.05, 4.69) is 69.9 Å². The van der Waals surface area contributed by atoms with E-state index in [1.165, 1.54) is 59.8 Å². The smallest absolute Gasteiger partial charge is 0.0450 e. The van der Waals surface area contributed by atoms with E-state index in [9.17, 15) is 0 Å². The van der Waals surface area contributed by atoms with E-state index in [1.807, 2.05) is 6.20 Å². The highest BCUT2D eigenvalue weighted by molar-refractivity contribution is 5.97. The molecule has 1 fully saturated rings. The number of nitrogens with zero attached hydrogens (tertiary/aromatic N) is 2. The zero-order valence-corrected chi connectivity index (χ0v) is 16.5. The molecule has 0 spiro atoms. The zero-order chi connectivity index (χ0) is 18.8. The van der Waals surface area contributed by atoms with Crippen molar-refractivity contribution in [1.82, 2.24) is 10.3 Å². The average molecular weight is 372 g/mol. The fourth-order valence-electron chi connectivity index (χ4n) is 5.02. The molecule has 5 rings (SSSR count). The van der Waals surface area contributed by atoms with Crippen LogP contribution in [-0.2, 0) is 13.0 Å². The second-order valence-electron chi connectivity index (χ2n) is 8.45. The predicted octanol–water partition coefficient (Wildman–Crippen LogP) is 4.95. The van der Waals surface area contributed by atoms with Crippen molar-refractivity contribution in [1.29, 1.82) is 0 Å². The maximum atomic E-state index is 4.42. The van der Waals surface area contributed by atoms with Crippen molar-refractivity contribution < 1.29 is 0 Å². The lowest BCUT2D eigenvalue weighted by Crippen LogP contribution is -2.38. The molecule has 1 N–H and O–H groups in total. The average Bonchev–Trinajstić information content (AvgIpc) is 2.76. The first-order chi connectivity index (χ1) is 13.9. The van der Waals surface area contributed by atoms with Gasteiger partial charge in [0.1, 0.15) is 0 Å². The van der Waals surface area contributed by atoms with Crippen LogP contribution in [0.15, 0.2) is 60.9 Å². The molecule has 2 aliphatic rings. The fourth-order valence-corrected chi connectivity index (χ4v) is 5.02. The van der Waals surface area contributed by atoms with Crippen LogP contribution in [0.4, 0.5) is 5.69 Å². The SMILES string of the molecule is c1ccc(CNC2CCC(CN3CCc4cncc5cccc3c45)CC2)cc1. The third kappa shape index (κ3) is 3.64. The Hall–Kier alpha value is -2.39. The lowest BCUT2D eigenvalue weighted by atomic mass is 9.85. The summed E-state index contributed by atoms with van der Waals surface area (Å²) in [5.74, 6) is 0.813. The molecule has 3 aromatic rings. The molecule has 0 unspecified atom stereocenters. The first kappa shape index (κ1) is 17.7. The van der Waals surface area contributed by atoms with Crippen molar-refractivity contribution >= 4 is 16.5 Å². The van der Waals surface area contributed by atoms with Crippen LogP contribution in [0.3, 0.4) is 0 Å². The van der Waals surface area contributed by atoms with Gasteiger partial charge in [0.25, 0.3) is 0 Å². The number of aromatic nitrogens is 1. The van der Waals surface area contributed by atoms with Gasteiger partial charge in [0.2, 0.25) is 0 Å². The second kappa shape index (κ2) is 7.92. The van der Waals surface area contributed by atoms with Gasteiger partial charge >= 0.3 is 0 Å². The minimum Gasteiger partial charge on any atom is -0.370 e. The van der Waals surface area contributed by atoms with E-state index in [4.69, 9.17) is 0 Å². The van der Waals surface area contributed by atoms with Gasteiger partial charge in [0.05, 0.1) is 0 Å². The monoisotopic (exact) mass is 371 g/mol. The Bertz CT molecular complexity index is 924. The topological polar surface area (TPSA) is 28.2 Å². The molecular formula is C25H29N3. The summed E-state index contributed by atoms with van der Waals surface area (Å²) in [6, 6.07) is 18.1. The molecule has 3 nitrogen and oxygen atoms in total. The minimum absolute atomic E-state index is 0.674. The highest BCUT2D eigenvalue weighted by Gasteiger charge is 2.25. The molecule has 28 heavy (non-hydrogen) atoms. The molecule has 0 bridgehead atoms. The molecule has 0 saturated heterocycles. The molecule has 1 aliphatic heterocycles. The molecule has 2 heterocycles. The van der Waals surface area contributed by atoms with Crippen LogP contribution in [0.1, 0.15) is 36.8 Å². The summed E-state index contributed by atoms with van der Waals surface area (Å²) in [5.41, 5.74) is 4.22. The van der Waals surface area contributed by atoms with Gasteiger partial charge in [-0.2, -0.15) is 0 Å². The Morgan fingerprint density at radius 1 is 0.929 bits per heavy atom. The van der Waals surface area contributed by atoms with E-state index >= 15 is 0 Å². The van der Waals surface area contributed by atoms with Crippen LogP contribution < -0.4 is 10.2 Å². The summed E-state index contributed by atoms with van der Waals surface area (Å²) in [4.78, 5) is 7.06. The summed E-state index contributed by atoms with van der Waals surface area (Å²) in [7, 11) is 0. The molecule has 1 aromatic heterocycles. The number of nitrogens with one attached hydrogen (secondary N) is 1. The third-order valence-corrected chi connectivity index (χ3v) is 6.59. The van der Waals surface area contributed by atoms with Crippen molar-refractivity contribution in [2.45, 2.75) is 44.7 Å². The van der Waals surface area contributed by atoms with E-state index in [-0.39, 0.29) is 0 Å². The quantitative estimate of drug-likeness (QED) is 0.688. The van der Waals surface area contributed by atoms with Crippen LogP contribution in [0.25, 0.3) is 10.8 Å². The summed E-state index contributed by atoms with van der Waals surface area (Å²) in [6.45, 7) is 3.32. The van der Waals surface area contributed by atoms with Crippen molar-refractivity contribution in [2.24, 2.45) is 5.92 Å². The number of hydrogen-bond acceptors (Lipinski definition) is 3. The normalized spacial score (nSPS) is 21.8. The summed E-state index contributed by atoms with van der Waals surface area (Å²) < 4.78 is 0. The van der Waals surface area contributed by atoms with Gasteiger partial charge in [-0.15, -0.1) is 0 Å². The lowest BCUT2D eigenvalue weighted by molar-refractivity contribution is 0.292. The molecule has 0 atom stereocenters. The van der Waals surface area contributed by atoms with E-state index in [0.29, 0.717) is 6.04 Å². The van der Waals surface area contributed by atoms with Crippen LogP contribution in [0.2, 0.25) is 0 Å². The van der Waals surface area contributed by atoms with Gasteiger partial charge in [0, 0.05) is 54.5 Å². The molecule has 0 amide bonds. The Kier molecular flexibility index (Phi) is 5.01. The Morgan fingerprint density at radius 2 is 1.79 bits per heavy atom. The lowest BCUT2D eigenvalue weighted by Gasteiger charge is -2.36. The van der Waals surface area contributed by atoms with Crippen molar-refractivity contribution in [3.8, 4) is 0 Å². The fraction of sp³-hybridized carbons (Fsp3) is 0.400. The number of benzene rings is 2. The Labute approximate surface area is 167 Å². The predicted molar refractivity (Wildman–Crippen MR) is 117 cm³/mol. The van der Waals surface area contributed by atoms with E-state index in [1.54, 1.807) is 0 Å². The number of pyridine rings is 1. The van der Waals surface area contributed by atoms with Gasteiger partial charge < -0.3 is 10.2 Å². The number of hydrogen-bond donors (Lipinski definition) is 1. The van der Waals surface area contributed by atoms with Crippen molar-refractivity contribution in [3.63, 3.8) is 0 Å². The molecule has 144 valence electrons. The Balaban J connectivity index is 1.19. The van der Waals surface area contributed by atoms with E-state index < -0.39 is 0 Å². The van der Waals surface area contributed by atoms with Crippen molar-refractivity contribution in [3.05, 3.63) is 72.1 Å². The number of rotatable bonds is 5. The maximum Gasteiger partial charge on any atom is 0.0450 e. The highest BCUT2D eigenvalue weighted by atomic mass is 15.1. The molecule has 1 saturated carbocycles. The van der Waals surface area contributed by atoms with Crippen LogP contribution >= 0.6 is 0 Å². The largest absolute Gasteiger partial charge is 0.370 e. The summed E-state index contributed by atoms with van der Waals surface area (Å²) in [6.07, 6.45) is 10.5. The van der Waals surface area contributed by atoms with Crippen LogP contribution in [-0.4, -0.2) is 24.1 Å². The first-order valence-electron chi connectivity index (χ1n) is 10.7. The van der Waals surface area contributed by atoms with Crippen LogP contribution in [0, 0.1) is 5.92 Å². The highest BCUT2D eigenvalue weighted by Crippen LogP contribution is 2.35. The second-order valence-corrected chi connectivity index (χ2v) is 8.45. The number of anilines is 1. The van der Waals surface area contributed by atoms with E-state index in [0.717, 1.165) is 25.4 Å². The van der Waals surface area contributed by atoms with Gasteiger partial charge in [0.15, 0.2) is 0 Å². The molecule has 0 radical (unpaired) electrons. The standard InChI is InChI=1S/C25H29N3/c1-2-5-19(6-3-1)15-27-23-11-9-20(10-12-23)18-28-14-13-22-17-26-16-21-7-4-8-24(28)25(21)22/h1-8,16-17,20,23,27H,9-15,18H2. The van der Waals surface area contributed by atoms with Gasteiger partial charge in [-0.1, -0.05) is 42.5 Å². The molecule has 1 aliphatic carbocycles. The van der Waals surface area contributed by atoms with Gasteiger partial charge in [-0.05, 0) is 55.2 Å². The van der Waals surface area contributed by atoms with Gasteiger partial charge in [-0.25, -0.2) is 0 Å². The maximum absolute atomic E-state index is 4.42. The third-order valence-electron chi connectivity index (χ3n) is 6.59. The first-order valence-corrected chi connectivity index (χ1v) is 10.7. The molecule has 2 aromatic carbocycles.